The van der Waals surface area contributed by atoms with Crippen LogP contribution in [-0.4, -0.2) is 53.5 Å². The van der Waals surface area contributed by atoms with Crippen LogP contribution in [0, 0.1) is 11.8 Å². The summed E-state index contributed by atoms with van der Waals surface area (Å²) in [4.78, 5) is 32.0. The van der Waals surface area contributed by atoms with Crippen LogP contribution in [0.25, 0.3) is 11.1 Å². The lowest BCUT2D eigenvalue weighted by atomic mass is 9.90. The molecule has 1 aromatic carbocycles. The van der Waals surface area contributed by atoms with Gasteiger partial charge in [0.15, 0.2) is 5.60 Å². The summed E-state index contributed by atoms with van der Waals surface area (Å²) in [6.45, 7) is 7.28. The summed E-state index contributed by atoms with van der Waals surface area (Å²) in [5, 5.41) is 2.89. The molecule has 0 unspecified atom stereocenters. The maximum Gasteiger partial charge on any atom is 0.254 e. The second-order valence-electron chi connectivity index (χ2n) is 8.54. The number of carbonyl (C=O) groups is 2. The highest BCUT2D eigenvalue weighted by molar-refractivity contribution is 5.88. The van der Waals surface area contributed by atoms with Crippen molar-refractivity contribution in [2.45, 2.75) is 25.4 Å². The maximum atomic E-state index is 13.2. The van der Waals surface area contributed by atoms with Gasteiger partial charge in [0.25, 0.3) is 5.91 Å². The van der Waals surface area contributed by atoms with E-state index < -0.39 is 5.60 Å². The number of hydrogen-bond donors (Lipinski definition) is 1. The van der Waals surface area contributed by atoms with Gasteiger partial charge in [0.2, 0.25) is 5.91 Å². The quantitative estimate of drug-likeness (QED) is 0.701. The summed E-state index contributed by atoms with van der Waals surface area (Å²) >= 11 is 0. The van der Waals surface area contributed by atoms with Crippen LogP contribution in [0.4, 0.5) is 0 Å². The first-order valence-corrected chi connectivity index (χ1v) is 10.8. The van der Waals surface area contributed by atoms with Gasteiger partial charge in [0.1, 0.15) is 0 Å². The molecule has 2 fully saturated rings. The van der Waals surface area contributed by atoms with E-state index in [1.165, 1.54) is 0 Å². The number of ether oxygens (including phenoxy) is 1. The third-order valence-corrected chi connectivity index (χ3v) is 6.18. The lowest BCUT2D eigenvalue weighted by Crippen LogP contribution is -2.62. The van der Waals surface area contributed by atoms with Gasteiger partial charge in [0.05, 0.1) is 13.2 Å². The number of hydrogen-bond acceptors (Lipinski definition) is 4. The third-order valence-electron chi connectivity index (χ3n) is 6.18. The Morgan fingerprint density at radius 3 is 2.71 bits per heavy atom. The van der Waals surface area contributed by atoms with Crippen molar-refractivity contribution in [2.24, 2.45) is 11.8 Å². The average molecular weight is 420 g/mol. The number of nitrogens with zero attached hydrogens (tertiary/aromatic N) is 2. The van der Waals surface area contributed by atoms with Crippen LogP contribution in [0.15, 0.2) is 61.4 Å². The first-order valence-electron chi connectivity index (χ1n) is 10.8. The number of pyridine rings is 1. The van der Waals surface area contributed by atoms with E-state index in [1.54, 1.807) is 12.3 Å². The smallest absolute Gasteiger partial charge is 0.254 e. The zero-order valence-corrected chi connectivity index (χ0v) is 17.9. The van der Waals surface area contributed by atoms with E-state index in [1.807, 2.05) is 47.5 Å². The van der Waals surface area contributed by atoms with Crippen molar-refractivity contribution in [2.75, 3.05) is 26.2 Å². The van der Waals surface area contributed by atoms with Crippen molar-refractivity contribution < 1.29 is 14.3 Å². The van der Waals surface area contributed by atoms with Gasteiger partial charge < -0.3 is 15.0 Å². The van der Waals surface area contributed by atoms with Crippen LogP contribution in [0.2, 0.25) is 0 Å². The average Bonchev–Trinajstić information content (AvgIpc) is 3.54. The van der Waals surface area contributed by atoms with Crippen LogP contribution in [-0.2, 0) is 20.7 Å². The van der Waals surface area contributed by atoms with Crippen molar-refractivity contribution in [3.05, 3.63) is 67.0 Å². The SMILES string of the molecule is C=CCNC(=O)[C@]1(Cc2ccc(-c3cccnc3)cc2)CN(C(=O)[C@@H]2C[C@H]2C)CCO1. The summed E-state index contributed by atoms with van der Waals surface area (Å²) < 4.78 is 6.10. The second-order valence-corrected chi connectivity index (χ2v) is 8.54. The molecule has 2 heterocycles. The van der Waals surface area contributed by atoms with Gasteiger partial charge in [-0.05, 0) is 35.1 Å². The molecule has 3 atom stereocenters. The van der Waals surface area contributed by atoms with Gasteiger partial charge in [-0.1, -0.05) is 43.3 Å². The highest BCUT2D eigenvalue weighted by atomic mass is 16.5. The highest BCUT2D eigenvalue weighted by Crippen LogP contribution is 2.40. The number of rotatable bonds is 7. The molecule has 2 amide bonds. The molecule has 162 valence electrons. The predicted octanol–water partition coefficient (Wildman–Crippen LogP) is 2.85. The van der Waals surface area contributed by atoms with Crippen LogP contribution < -0.4 is 5.32 Å². The first-order chi connectivity index (χ1) is 15.0. The Hall–Kier alpha value is -2.99. The van der Waals surface area contributed by atoms with Gasteiger partial charge >= 0.3 is 0 Å². The number of carbonyl (C=O) groups excluding carboxylic acids is 2. The summed E-state index contributed by atoms with van der Waals surface area (Å²) in [6, 6.07) is 12.0. The molecule has 1 N–H and O–H groups in total. The Morgan fingerprint density at radius 1 is 1.29 bits per heavy atom. The lowest BCUT2D eigenvalue weighted by molar-refractivity contribution is -0.166. The van der Waals surface area contributed by atoms with Crippen molar-refractivity contribution in [3.8, 4) is 11.1 Å². The number of morpholine rings is 1. The molecule has 1 aliphatic carbocycles. The zero-order chi connectivity index (χ0) is 21.8. The number of aromatic nitrogens is 1. The minimum absolute atomic E-state index is 0.0887. The molecular formula is C25H29N3O3. The van der Waals surface area contributed by atoms with Crippen molar-refractivity contribution in [1.82, 2.24) is 15.2 Å². The molecule has 1 aromatic heterocycles. The summed E-state index contributed by atoms with van der Waals surface area (Å²) in [7, 11) is 0. The molecular weight excluding hydrogens is 390 g/mol. The van der Waals surface area contributed by atoms with Gasteiger partial charge in [-0.15, -0.1) is 6.58 Å². The molecule has 1 aliphatic heterocycles. The van der Waals surface area contributed by atoms with Crippen LogP contribution >= 0.6 is 0 Å². The molecule has 31 heavy (non-hydrogen) atoms. The van der Waals surface area contributed by atoms with E-state index in [0.29, 0.717) is 32.0 Å². The normalized spacial score (nSPS) is 25.0. The topological polar surface area (TPSA) is 71.5 Å². The van der Waals surface area contributed by atoms with E-state index >= 15 is 0 Å². The Morgan fingerprint density at radius 2 is 2.06 bits per heavy atom. The molecule has 0 spiro atoms. The Balaban J connectivity index is 1.55. The van der Waals surface area contributed by atoms with E-state index in [4.69, 9.17) is 4.74 Å². The fraction of sp³-hybridized carbons (Fsp3) is 0.400. The fourth-order valence-electron chi connectivity index (χ4n) is 4.20. The van der Waals surface area contributed by atoms with E-state index in [-0.39, 0.29) is 24.3 Å². The first kappa shape index (κ1) is 21.2. The minimum Gasteiger partial charge on any atom is -0.361 e. The number of nitrogens with one attached hydrogen (secondary N) is 1. The Labute approximate surface area is 183 Å². The molecule has 6 heteroatoms. The third kappa shape index (κ3) is 4.69. The summed E-state index contributed by atoms with van der Waals surface area (Å²) in [6.07, 6.45) is 6.55. The van der Waals surface area contributed by atoms with E-state index in [0.717, 1.165) is 23.1 Å². The van der Waals surface area contributed by atoms with Crippen LogP contribution in [0.5, 0.6) is 0 Å². The molecule has 2 aliphatic rings. The lowest BCUT2D eigenvalue weighted by Gasteiger charge is -2.42. The van der Waals surface area contributed by atoms with Crippen molar-refractivity contribution in [3.63, 3.8) is 0 Å². The number of amides is 2. The number of benzene rings is 1. The van der Waals surface area contributed by atoms with Crippen molar-refractivity contribution in [1.29, 1.82) is 0 Å². The largest absolute Gasteiger partial charge is 0.361 e. The monoisotopic (exact) mass is 419 g/mol. The fourth-order valence-corrected chi connectivity index (χ4v) is 4.20. The molecule has 0 radical (unpaired) electrons. The molecule has 1 saturated carbocycles. The maximum absolute atomic E-state index is 13.2. The highest BCUT2D eigenvalue weighted by Gasteiger charge is 2.48. The van der Waals surface area contributed by atoms with Crippen molar-refractivity contribution >= 4 is 11.8 Å². The van der Waals surface area contributed by atoms with E-state index in [2.05, 4.69) is 23.8 Å². The van der Waals surface area contributed by atoms with Gasteiger partial charge in [-0.2, -0.15) is 0 Å². The minimum atomic E-state index is -1.11. The molecule has 1 saturated heterocycles. The summed E-state index contributed by atoms with van der Waals surface area (Å²) in [5.41, 5.74) is 1.98. The molecule has 4 rings (SSSR count). The molecule has 0 bridgehead atoms. The molecule has 6 nitrogen and oxygen atoms in total. The van der Waals surface area contributed by atoms with Gasteiger partial charge in [-0.3, -0.25) is 14.6 Å². The van der Waals surface area contributed by atoms with E-state index in [9.17, 15) is 9.59 Å². The Bertz CT molecular complexity index is 944. The van der Waals surface area contributed by atoms with Crippen LogP contribution in [0.1, 0.15) is 18.9 Å². The van der Waals surface area contributed by atoms with Crippen LogP contribution in [0.3, 0.4) is 0 Å². The summed E-state index contributed by atoms with van der Waals surface area (Å²) in [5.74, 6) is 0.457. The second kappa shape index (κ2) is 9.02. The predicted molar refractivity (Wildman–Crippen MR) is 119 cm³/mol. The van der Waals surface area contributed by atoms with Gasteiger partial charge in [0, 0.05) is 37.8 Å². The van der Waals surface area contributed by atoms with Gasteiger partial charge in [-0.25, -0.2) is 0 Å². The Kier molecular flexibility index (Phi) is 6.18. The zero-order valence-electron chi connectivity index (χ0n) is 17.9. The molecule has 2 aromatic rings. The standard InChI is InChI=1S/C25H29N3O3/c1-3-10-27-24(30)25(17-28(12-13-31-25)23(29)22-14-18(22)2)15-19-6-8-20(9-7-19)21-5-4-11-26-16-21/h3-9,11,16,18,22H,1,10,12-15,17H2,2H3,(H,27,30)/t18-,22-,25+/m1/s1.